The summed E-state index contributed by atoms with van der Waals surface area (Å²) in [5.74, 6) is -0.120. The molecule has 0 aliphatic rings. The number of nitrogens with zero attached hydrogens (tertiary/aromatic N) is 2. The molecular formula is C20H20FN3O2. The fourth-order valence-electron chi connectivity index (χ4n) is 2.56. The zero-order valence-corrected chi connectivity index (χ0v) is 14.4. The van der Waals surface area contributed by atoms with E-state index in [1.54, 1.807) is 19.4 Å². The van der Waals surface area contributed by atoms with E-state index < -0.39 is 6.10 Å². The maximum atomic E-state index is 12.9. The second kappa shape index (κ2) is 8.29. The molecule has 1 aromatic heterocycles. The van der Waals surface area contributed by atoms with Crippen LogP contribution in [0.4, 0.5) is 4.39 Å². The van der Waals surface area contributed by atoms with Crippen LogP contribution in [0.1, 0.15) is 18.1 Å². The van der Waals surface area contributed by atoms with Crippen LogP contribution in [0.25, 0.3) is 0 Å². The minimum Gasteiger partial charge on any atom is -0.481 e. The van der Waals surface area contributed by atoms with Crippen LogP contribution in [0.15, 0.2) is 67.3 Å². The number of nitrogens with one attached hydrogen (secondary N) is 1. The van der Waals surface area contributed by atoms with E-state index in [9.17, 15) is 9.18 Å². The summed E-state index contributed by atoms with van der Waals surface area (Å²) in [5, 5.41) is 2.89. The molecule has 1 atom stereocenters. The first-order valence-corrected chi connectivity index (χ1v) is 8.34. The highest BCUT2D eigenvalue weighted by atomic mass is 19.1. The standard InChI is InChI=1S/C20H20FN3O2/c1-15(26-19-8-6-18(21)7-9-19)20(25)23-12-16-4-2-3-5-17(16)13-24-11-10-22-14-24/h2-11,14-15H,12-13H2,1H3,(H,23,25)/t15-/m1/s1. The third-order valence-electron chi connectivity index (χ3n) is 3.98. The maximum Gasteiger partial charge on any atom is 0.261 e. The molecule has 134 valence electrons. The normalized spacial score (nSPS) is 11.8. The lowest BCUT2D eigenvalue weighted by Gasteiger charge is -2.16. The molecule has 1 amide bonds. The Morgan fingerprint density at radius 3 is 2.62 bits per heavy atom. The molecule has 1 N–H and O–H groups in total. The van der Waals surface area contributed by atoms with Gasteiger partial charge in [-0.25, -0.2) is 9.37 Å². The van der Waals surface area contributed by atoms with E-state index in [2.05, 4.69) is 10.3 Å². The Balaban J connectivity index is 1.58. The third-order valence-corrected chi connectivity index (χ3v) is 3.98. The predicted octanol–water partition coefficient (Wildman–Crippen LogP) is 3.15. The number of benzene rings is 2. The van der Waals surface area contributed by atoms with Crippen molar-refractivity contribution in [2.45, 2.75) is 26.1 Å². The molecule has 26 heavy (non-hydrogen) atoms. The van der Waals surface area contributed by atoms with Gasteiger partial charge in [0.05, 0.1) is 6.33 Å². The summed E-state index contributed by atoms with van der Waals surface area (Å²) in [4.78, 5) is 16.3. The highest BCUT2D eigenvalue weighted by Crippen LogP contribution is 2.14. The van der Waals surface area contributed by atoms with Crippen molar-refractivity contribution in [1.29, 1.82) is 0 Å². The zero-order chi connectivity index (χ0) is 18.4. The van der Waals surface area contributed by atoms with Gasteiger partial charge in [-0.15, -0.1) is 0 Å². The van der Waals surface area contributed by atoms with Gasteiger partial charge in [-0.05, 0) is 42.3 Å². The van der Waals surface area contributed by atoms with Gasteiger partial charge in [0.25, 0.3) is 5.91 Å². The summed E-state index contributed by atoms with van der Waals surface area (Å²) < 4.78 is 20.4. The number of imidazole rings is 1. The number of carbonyl (C=O) groups excluding carboxylic acids is 1. The molecule has 0 radical (unpaired) electrons. The number of halogens is 1. The number of aromatic nitrogens is 2. The van der Waals surface area contributed by atoms with E-state index in [1.165, 1.54) is 24.3 Å². The number of ether oxygens (including phenoxy) is 1. The average Bonchev–Trinajstić information content (AvgIpc) is 3.15. The molecule has 0 fully saturated rings. The fraction of sp³-hybridized carbons (Fsp3) is 0.200. The van der Waals surface area contributed by atoms with Crippen LogP contribution < -0.4 is 10.1 Å². The molecule has 3 aromatic rings. The van der Waals surface area contributed by atoms with E-state index in [0.717, 1.165) is 11.1 Å². The van der Waals surface area contributed by atoms with Crippen molar-refractivity contribution in [3.05, 3.63) is 84.2 Å². The number of amides is 1. The maximum absolute atomic E-state index is 12.9. The Bertz CT molecular complexity index is 848. The third kappa shape index (κ3) is 4.69. The summed E-state index contributed by atoms with van der Waals surface area (Å²) in [5.41, 5.74) is 2.14. The Morgan fingerprint density at radius 2 is 1.92 bits per heavy atom. The molecular weight excluding hydrogens is 333 g/mol. The summed E-state index contributed by atoms with van der Waals surface area (Å²) >= 11 is 0. The number of rotatable bonds is 7. The van der Waals surface area contributed by atoms with Crippen LogP contribution in [-0.2, 0) is 17.9 Å². The molecule has 3 rings (SSSR count). The van der Waals surface area contributed by atoms with Crippen molar-refractivity contribution >= 4 is 5.91 Å². The highest BCUT2D eigenvalue weighted by Gasteiger charge is 2.15. The lowest BCUT2D eigenvalue weighted by molar-refractivity contribution is -0.127. The van der Waals surface area contributed by atoms with Gasteiger partial charge in [0.2, 0.25) is 0 Å². The molecule has 6 heteroatoms. The topological polar surface area (TPSA) is 56.1 Å². The molecule has 5 nitrogen and oxygen atoms in total. The minimum atomic E-state index is -0.679. The highest BCUT2D eigenvalue weighted by molar-refractivity contribution is 5.80. The van der Waals surface area contributed by atoms with Gasteiger partial charge in [0.15, 0.2) is 6.10 Å². The van der Waals surface area contributed by atoms with Gasteiger partial charge in [0, 0.05) is 25.5 Å². The van der Waals surface area contributed by atoms with Crippen molar-refractivity contribution in [2.24, 2.45) is 0 Å². The molecule has 0 bridgehead atoms. The Labute approximate surface area is 151 Å². The van der Waals surface area contributed by atoms with E-state index in [0.29, 0.717) is 18.8 Å². The van der Waals surface area contributed by atoms with Gasteiger partial charge in [-0.1, -0.05) is 24.3 Å². The molecule has 0 aliphatic carbocycles. The van der Waals surface area contributed by atoms with Crippen molar-refractivity contribution in [2.75, 3.05) is 0 Å². The monoisotopic (exact) mass is 353 g/mol. The quantitative estimate of drug-likeness (QED) is 0.710. The molecule has 1 heterocycles. The van der Waals surface area contributed by atoms with Crippen LogP contribution in [-0.4, -0.2) is 21.6 Å². The molecule has 0 aliphatic heterocycles. The van der Waals surface area contributed by atoms with Crippen molar-refractivity contribution < 1.29 is 13.9 Å². The number of hydrogen-bond donors (Lipinski definition) is 1. The zero-order valence-electron chi connectivity index (χ0n) is 14.4. The molecule has 0 spiro atoms. The molecule has 0 saturated carbocycles. The summed E-state index contributed by atoms with van der Waals surface area (Å²) in [6.07, 6.45) is 4.71. The van der Waals surface area contributed by atoms with Crippen LogP contribution in [0.5, 0.6) is 5.75 Å². The van der Waals surface area contributed by atoms with Crippen LogP contribution in [0.2, 0.25) is 0 Å². The molecule has 0 saturated heterocycles. The van der Waals surface area contributed by atoms with Crippen LogP contribution >= 0.6 is 0 Å². The summed E-state index contributed by atoms with van der Waals surface area (Å²) in [6.45, 7) is 2.75. The minimum absolute atomic E-state index is 0.230. The van der Waals surface area contributed by atoms with E-state index in [1.807, 2.05) is 35.0 Å². The van der Waals surface area contributed by atoms with Gasteiger partial charge in [-0.2, -0.15) is 0 Å². The second-order valence-corrected chi connectivity index (χ2v) is 5.94. The SMILES string of the molecule is C[C@@H](Oc1ccc(F)cc1)C(=O)NCc1ccccc1Cn1ccnc1. The van der Waals surface area contributed by atoms with Crippen LogP contribution in [0, 0.1) is 5.82 Å². The molecule has 2 aromatic carbocycles. The van der Waals surface area contributed by atoms with Gasteiger partial charge in [0.1, 0.15) is 11.6 Å². The lowest BCUT2D eigenvalue weighted by Crippen LogP contribution is -2.36. The first-order valence-electron chi connectivity index (χ1n) is 8.34. The number of hydrogen-bond acceptors (Lipinski definition) is 3. The van der Waals surface area contributed by atoms with Gasteiger partial charge < -0.3 is 14.6 Å². The van der Waals surface area contributed by atoms with Crippen molar-refractivity contribution in [3.63, 3.8) is 0 Å². The van der Waals surface area contributed by atoms with Crippen LogP contribution in [0.3, 0.4) is 0 Å². The predicted molar refractivity (Wildman–Crippen MR) is 96.1 cm³/mol. The number of carbonyl (C=O) groups is 1. The first-order chi connectivity index (χ1) is 12.6. The fourth-order valence-corrected chi connectivity index (χ4v) is 2.56. The average molecular weight is 353 g/mol. The largest absolute Gasteiger partial charge is 0.481 e. The van der Waals surface area contributed by atoms with Gasteiger partial charge >= 0.3 is 0 Å². The first kappa shape index (κ1) is 17.7. The Morgan fingerprint density at radius 1 is 1.19 bits per heavy atom. The van der Waals surface area contributed by atoms with Crippen molar-refractivity contribution in [1.82, 2.24) is 14.9 Å². The van der Waals surface area contributed by atoms with Gasteiger partial charge in [-0.3, -0.25) is 4.79 Å². The second-order valence-electron chi connectivity index (χ2n) is 5.94. The Hall–Kier alpha value is -3.15. The smallest absolute Gasteiger partial charge is 0.261 e. The summed E-state index contributed by atoms with van der Waals surface area (Å²) in [7, 11) is 0. The van der Waals surface area contributed by atoms with Crippen molar-refractivity contribution in [3.8, 4) is 5.75 Å². The lowest BCUT2D eigenvalue weighted by atomic mass is 10.1. The van der Waals surface area contributed by atoms with E-state index >= 15 is 0 Å². The summed E-state index contributed by atoms with van der Waals surface area (Å²) in [6, 6.07) is 13.5. The van der Waals surface area contributed by atoms with E-state index in [-0.39, 0.29) is 11.7 Å². The molecule has 0 unspecified atom stereocenters. The Kier molecular flexibility index (Phi) is 5.63. The van der Waals surface area contributed by atoms with E-state index in [4.69, 9.17) is 4.74 Å².